The molecule has 364 valence electrons. The summed E-state index contributed by atoms with van der Waals surface area (Å²) in [6.45, 7) is 3.58. The van der Waals surface area contributed by atoms with Gasteiger partial charge in [-0.15, -0.1) is 0 Å². The van der Waals surface area contributed by atoms with Crippen LogP contribution in [0.5, 0.6) is 0 Å². The first-order valence-corrected chi connectivity index (χ1v) is 24.6. The Morgan fingerprint density at radius 1 is 0.484 bits per heavy atom. The van der Waals surface area contributed by atoms with Gasteiger partial charge in [-0.05, 0) is 83.5 Å². The fourth-order valence-electron chi connectivity index (χ4n) is 6.94. The van der Waals surface area contributed by atoms with Crippen LogP contribution in [-0.4, -0.2) is 88.4 Å². The molecule has 1 aliphatic rings. The van der Waals surface area contributed by atoms with E-state index >= 15 is 0 Å². The van der Waals surface area contributed by atoms with E-state index in [0.717, 1.165) is 109 Å². The van der Waals surface area contributed by atoms with Crippen molar-refractivity contribution in [2.24, 2.45) is 0 Å². The lowest BCUT2D eigenvalue weighted by molar-refractivity contribution is -0.298. The van der Waals surface area contributed by atoms with E-state index < -0.39 is 61.3 Å². The van der Waals surface area contributed by atoms with Crippen molar-refractivity contribution in [1.29, 1.82) is 0 Å². The number of allylic oxidation sites excluding steroid dienone is 14. The lowest BCUT2D eigenvalue weighted by Gasteiger charge is -2.38. The van der Waals surface area contributed by atoms with Crippen LogP contribution in [0.1, 0.15) is 181 Å². The van der Waals surface area contributed by atoms with Gasteiger partial charge in [-0.1, -0.05) is 170 Å². The van der Waals surface area contributed by atoms with Gasteiger partial charge in [0.05, 0.1) is 6.61 Å². The summed E-state index contributed by atoms with van der Waals surface area (Å²) in [6, 6.07) is 0. The van der Waals surface area contributed by atoms with Gasteiger partial charge in [0.1, 0.15) is 24.9 Å². The summed E-state index contributed by atoms with van der Waals surface area (Å²) in [4.78, 5) is 37.0. The van der Waals surface area contributed by atoms with Gasteiger partial charge in [-0.2, -0.15) is 0 Å². The summed E-state index contributed by atoms with van der Waals surface area (Å²) >= 11 is 0. The Balaban J connectivity index is 2.33. The molecule has 0 aromatic heterocycles. The van der Waals surface area contributed by atoms with E-state index in [9.17, 15) is 34.8 Å². The van der Waals surface area contributed by atoms with Crippen molar-refractivity contribution >= 4 is 17.9 Å². The van der Waals surface area contributed by atoms with E-state index in [4.69, 9.17) is 18.9 Å². The van der Waals surface area contributed by atoms with Crippen LogP contribution < -0.4 is 0 Å². The molecule has 0 bridgehead atoms. The second-order valence-corrected chi connectivity index (χ2v) is 16.5. The molecular weight excluding hydrogens is 813 g/mol. The molecule has 1 aliphatic heterocycles. The zero-order valence-electron chi connectivity index (χ0n) is 39.5. The molecule has 11 nitrogen and oxygen atoms in total. The molecule has 1 saturated heterocycles. The van der Waals surface area contributed by atoms with Crippen LogP contribution in [-0.2, 0) is 33.3 Å². The van der Waals surface area contributed by atoms with Crippen molar-refractivity contribution < 1.29 is 53.8 Å². The predicted molar refractivity (Wildman–Crippen MR) is 256 cm³/mol. The molecule has 1 heterocycles. The third-order valence-electron chi connectivity index (χ3n) is 10.7. The van der Waals surface area contributed by atoms with Gasteiger partial charge in [0, 0.05) is 12.8 Å². The highest BCUT2D eigenvalue weighted by Crippen LogP contribution is 2.23. The van der Waals surface area contributed by atoms with Crippen LogP contribution in [0, 0.1) is 0 Å². The number of aliphatic hydroxyl groups excluding tert-OH is 3. The predicted octanol–water partition coefficient (Wildman–Crippen LogP) is 11.4. The second-order valence-electron chi connectivity index (χ2n) is 16.5. The number of aliphatic carboxylic acids is 1. The Hall–Kier alpha value is -3.61. The Morgan fingerprint density at radius 3 is 1.31 bits per heavy atom. The average Bonchev–Trinajstić information content (AvgIpc) is 3.28. The number of hydrogen-bond donors (Lipinski definition) is 4. The number of ether oxygens (including phenoxy) is 4. The molecule has 0 aromatic rings. The molecule has 0 radical (unpaired) electrons. The summed E-state index contributed by atoms with van der Waals surface area (Å²) in [7, 11) is 0. The van der Waals surface area contributed by atoms with Gasteiger partial charge in [-0.25, -0.2) is 4.79 Å². The highest BCUT2D eigenvalue weighted by molar-refractivity contribution is 5.73. The summed E-state index contributed by atoms with van der Waals surface area (Å²) in [5.74, 6) is -2.48. The summed E-state index contributed by atoms with van der Waals surface area (Å²) < 4.78 is 21.8. The van der Waals surface area contributed by atoms with E-state index in [-0.39, 0.29) is 19.4 Å². The third-order valence-corrected chi connectivity index (χ3v) is 10.7. The van der Waals surface area contributed by atoms with Gasteiger partial charge in [0.15, 0.2) is 18.5 Å². The number of carbonyl (C=O) groups excluding carboxylic acids is 2. The Labute approximate surface area is 386 Å². The lowest BCUT2D eigenvalue weighted by atomic mass is 9.99. The van der Waals surface area contributed by atoms with E-state index in [1.165, 1.54) is 32.1 Å². The molecule has 0 amide bonds. The standard InChI is InChI=1S/C53H86O11/c1-3-5-7-9-11-13-15-17-19-21-22-23-24-26-27-29-31-33-35-37-39-41-46(54)61-43-45(44-62-53-50(58)48(56)49(57)51(64-53)52(59)60)63-47(55)42-40-38-36-34-32-30-28-25-20-18-16-14-12-10-8-6-4-2/h5-8,11-14,17-20,22-23,45,48-51,53,56-58H,3-4,9-10,15-16,21,24-44H2,1-2H3,(H,59,60)/b7-5-,8-6-,13-11-,14-12-,19-17-,20-18-,23-22-. The number of carboxylic acids is 1. The monoisotopic (exact) mass is 899 g/mol. The van der Waals surface area contributed by atoms with Crippen molar-refractivity contribution in [1.82, 2.24) is 0 Å². The van der Waals surface area contributed by atoms with Gasteiger partial charge in [-0.3, -0.25) is 9.59 Å². The summed E-state index contributed by atoms with van der Waals surface area (Å²) in [6.07, 6.45) is 46.2. The second kappa shape index (κ2) is 42.1. The third kappa shape index (κ3) is 33.0. The molecule has 11 heteroatoms. The average molecular weight is 899 g/mol. The number of carbonyl (C=O) groups is 3. The molecule has 0 aliphatic carbocycles. The SMILES string of the molecule is CC/C=C\C/C=C\C/C=C\C/C=C\CCCCCCCCCCC(=O)OCC(COC1OC(C(=O)O)C(O)C(O)C1O)OC(=O)CCCCCCCCC/C=C\C/C=C\C/C=C\CC. The van der Waals surface area contributed by atoms with Crippen molar-refractivity contribution in [3.05, 3.63) is 85.1 Å². The quantitative estimate of drug-likeness (QED) is 0.0262. The smallest absolute Gasteiger partial charge is 0.335 e. The van der Waals surface area contributed by atoms with E-state index in [0.29, 0.717) is 12.8 Å². The maximum absolute atomic E-state index is 12.8. The number of hydrogen-bond acceptors (Lipinski definition) is 10. The Kier molecular flexibility index (Phi) is 38.4. The first kappa shape index (κ1) is 58.4. The van der Waals surface area contributed by atoms with Crippen molar-refractivity contribution in [2.45, 2.75) is 218 Å². The summed E-state index contributed by atoms with van der Waals surface area (Å²) in [5.41, 5.74) is 0. The fraction of sp³-hybridized carbons (Fsp3) is 0.679. The molecule has 0 aromatic carbocycles. The molecule has 1 rings (SSSR count). The van der Waals surface area contributed by atoms with Crippen LogP contribution >= 0.6 is 0 Å². The van der Waals surface area contributed by atoms with Crippen LogP contribution in [0.4, 0.5) is 0 Å². The van der Waals surface area contributed by atoms with Gasteiger partial charge < -0.3 is 39.4 Å². The van der Waals surface area contributed by atoms with E-state index in [1.807, 2.05) is 0 Å². The van der Waals surface area contributed by atoms with Crippen LogP contribution in [0.15, 0.2) is 85.1 Å². The Morgan fingerprint density at radius 2 is 0.875 bits per heavy atom. The fourth-order valence-corrected chi connectivity index (χ4v) is 6.94. The number of rotatable bonds is 40. The largest absolute Gasteiger partial charge is 0.479 e. The molecule has 1 fully saturated rings. The normalized spacial score (nSPS) is 20.0. The van der Waals surface area contributed by atoms with Gasteiger partial charge in [0.2, 0.25) is 0 Å². The molecule has 6 unspecified atom stereocenters. The van der Waals surface area contributed by atoms with Gasteiger partial charge >= 0.3 is 17.9 Å². The highest BCUT2D eigenvalue weighted by atomic mass is 16.7. The topological polar surface area (TPSA) is 169 Å². The van der Waals surface area contributed by atoms with Gasteiger partial charge in [0.25, 0.3) is 0 Å². The number of aliphatic hydroxyl groups is 3. The van der Waals surface area contributed by atoms with Crippen molar-refractivity contribution in [2.75, 3.05) is 13.2 Å². The number of carboxylic acid groups (broad SMARTS) is 1. The van der Waals surface area contributed by atoms with Crippen LogP contribution in [0.25, 0.3) is 0 Å². The number of esters is 2. The zero-order chi connectivity index (χ0) is 46.7. The molecule has 6 atom stereocenters. The zero-order valence-corrected chi connectivity index (χ0v) is 39.5. The first-order valence-electron chi connectivity index (χ1n) is 24.6. The minimum atomic E-state index is -1.87. The van der Waals surface area contributed by atoms with Crippen molar-refractivity contribution in [3.8, 4) is 0 Å². The molecule has 0 spiro atoms. The highest BCUT2D eigenvalue weighted by Gasteiger charge is 2.47. The van der Waals surface area contributed by atoms with Crippen molar-refractivity contribution in [3.63, 3.8) is 0 Å². The maximum Gasteiger partial charge on any atom is 0.335 e. The lowest BCUT2D eigenvalue weighted by Crippen LogP contribution is -2.60. The molecule has 4 N–H and O–H groups in total. The van der Waals surface area contributed by atoms with Crippen LogP contribution in [0.2, 0.25) is 0 Å². The van der Waals surface area contributed by atoms with E-state index in [2.05, 4.69) is 98.9 Å². The minimum absolute atomic E-state index is 0.165. The maximum atomic E-state index is 12.8. The molecular formula is C53H86O11. The van der Waals surface area contributed by atoms with Crippen LogP contribution in [0.3, 0.4) is 0 Å². The summed E-state index contributed by atoms with van der Waals surface area (Å²) in [5, 5.41) is 39.9. The minimum Gasteiger partial charge on any atom is -0.479 e. The number of unbranched alkanes of at least 4 members (excludes halogenated alkanes) is 15. The van der Waals surface area contributed by atoms with E-state index in [1.54, 1.807) is 0 Å². The molecule has 64 heavy (non-hydrogen) atoms. The Bertz CT molecular complexity index is 1380. The first-order chi connectivity index (χ1) is 31.2. The molecule has 0 saturated carbocycles.